The molecule has 0 radical (unpaired) electrons. The Bertz CT molecular complexity index is 817. The van der Waals surface area contributed by atoms with E-state index in [2.05, 4.69) is 5.09 Å². The van der Waals surface area contributed by atoms with Crippen LogP contribution in [0.2, 0.25) is 0 Å². The smallest absolute Gasteiger partial charge is 0.409 e. The van der Waals surface area contributed by atoms with Gasteiger partial charge < -0.3 is 9.26 Å². The van der Waals surface area contributed by atoms with Crippen LogP contribution in [-0.2, 0) is 14.1 Å². The largest absolute Gasteiger partial charge is 0.461 e. The van der Waals surface area contributed by atoms with Gasteiger partial charge in [-0.2, -0.15) is 0 Å². The van der Waals surface area contributed by atoms with Crippen LogP contribution in [0.5, 0.6) is 5.75 Å². The van der Waals surface area contributed by atoms with Crippen LogP contribution in [0.15, 0.2) is 42.5 Å². The summed E-state index contributed by atoms with van der Waals surface area (Å²) in [5, 5.41) is 4.33. The van der Waals surface area contributed by atoms with Gasteiger partial charge in [-0.3, -0.25) is 4.79 Å². The first-order valence-electron chi connectivity index (χ1n) is 8.90. The van der Waals surface area contributed by atoms with E-state index in [0.717, 1.165) is 36.5 Å². The van der Waals surface area contributed by atoms with Gasteiger partial charge in [0.2, 0.25) is 0 Å². The van der Waals surface area contributed by atoms with Gasteiger partial charge in [0.15, 0.2) is 0 Å². The van der Waals surface area contributed by atoms with Crippen LogP contribution < -0.4 is 9.61 Å². The van der Waals surface area contributed by atoms with Crippen molar-refractivity contribution in [1.82, 2.24) is 5.09 Å². The molecule has 2 aromatic carbocycles. The molecule has 1 aliphatic rings. The number of carbonyl (C=O) groups excluding carboxylic acids is 1. The number of nitrogens with one attached hydrogen (secondary N) is 1. The Morgan fingerprint density at radius 1 is 1.15 bits per heavy atom. The summed E-state index contributed by atoms with van der Waals surface area (Å²) < 4.78 is 23.7. The summed E-state index contributed by atoms with van der Waals surface area (Å²) in [7, 11) is 0. The van der Waals surface area contributed by atoms with Crippen LogP contribution in [0.4, 0.5) is 0 Å². The topological polar surface area (TPSA) is 64.6 Å². The van der Waals surface area contributed by atoms with Crippen LogP contribution >= 0.6 is 18.1 Å². The minimum Gasteiger partial charge on any atom is -0.461 e. The maximum absolute atomic E-state index is 12.7. The highest BCUT2D eigenvalue weighted by atomic mass is 35.7. The van der Waals surface area contributed by atoms with Crippen LogP contribution in [0.3, 0.4) is 0 Å². The van der Waals surface area contributed by atoms with E-state index in [1.54, 1.807) is 19.1 Å². The lowest BCUT2D eigenvalue weighted by atomic mass is 9.98. The number of benzene rings is 2. The highest BCUT2D eigenvalue weighted by molar-refractivity contribution is 7.84. The van der Waals surface area contributed by atoms with Crippen LogP contribution in [0, 0.1) is 0 Å². The summed E-state index contributed by atoms with van der Waals surface area (Å²) in [6.07, 6.45) is 5.01. The minimum atomic E-state index is -3.76. The molecule has 7 heteroatoms. The Morgan fingerprint density at radius 3 is 2.62 bits per heavy atom. The van der Waals surface area contributed by atoms with Crippen LogP contribution in [0.1, 0.15) is 39.0 Å². The molecular weight excluding hydrogens is 373 g/mol. The van der Waals surface area contributed by atoms with Crippen LogP contribution in [0.25, 0.3) is 10.8 Å². The average Bonchev–Trinajstić information content (AvgIpc) is 2.62. The number of hydrogen-bond donors (Lipinski definition) is 1. The zero-order valence-electron chi connectivity index (χ0n) is 14.7. The number of carbonyl (C=O) groups is 1. The summed E-state index contributed by atoms with van der Waals surface area (Å²) in [5.74, 6) is -0.0546. The molecule has 0 saturated heterocycles. The zero-order chi connectivity index (χ0) is 18.6. The van der Waals surface area contributed by atoms with E-state index in [0.29, 0.717) is 5.75 Å². The Kier molecular flexibility index (Phi) is 6.23. The monoisotopic (exact) mass is 395 g/mol. The number of ether oxygens (including phenoxy) is 1. The van der Waals surface area contributed by atoms with Gasteiger partial charge in [0.25, 0.3) is 0 Å². The molecule has 1 saturated carbocycles. The first-order valence-corrected chi connectivity index (χ1v) is 11.4. The van der Waals surface area contributed by atoms with E-state index >= 15 is 0 Å². The summed E-state index contributed by atoms with van der Waals surface area (Å²) in [6, 6.07) is 12.2. The van der Waals surface area contributed by atoms with Crippen molar-refractivity contribution in [3.05, 3.63) is 42.5 Å². The molecule has 5 nitrogen and oxygen atoms in total. The molecule has 0 aromatic heterocycles. The van der Waals surface area contributed by atoms with Gasteiger partial charge in [-0.1, -0.05) is 42.8 Å². The van der Waals surface area contributed by atoms with Gasteiger partial charge in [0.1, 0.15) is 17.9 Å². The molecule has 0 spiro atoms. The summed E-state index contributed by atoms with van der Waals surface area (Å²) in [5.41, 5.74) is 0. The molecule has 2 aromatic rings. The second-order valence-corrected chi connectivity index (χ2v) is 9.33. The van der Waals surface area contributed by atoms with Crippen molar-refractivity contribution in [2.45, 2.75) is 51.2 Å². The highest BCUT2D eigenvalue weighted by Gasteiger charge is 2.30. The van der Waals surface area contributed by atoms with Gasteiger partial charge in [0.05, 0.1) is 0 Å². The Morgan fingerprint density at radius 2 is 1.85 bits per heavy atom. The first-order chi connectivity index (χ1) is 12.4. The molecule has 1 fully saturated rings. The van der Waals surface area contributed by atoms with Crippen molar-refractivity contribution < 1.29 is 18.6 Å². The average molecular weight is 396 g/mol. The molecular formula is C19H23ClNO4P. The molecule has 0 amide bonds. The van der Waals surface area contributed by atoms with E-state index in [4.69, 9.17) is 20.5 Å². The Balaban J connectivity index is 1.64. The fourth-order valence-corrected chi connectivity index (χ4v) is 4.86. The standard InChI is InChI=1S/C19H23ClNO4P/c1-14(19(22)24-16-10-3-2-4-11-16)21-26(20,23)25-18-13-7-9-15-8-5-6-12-17(15)18/h5-9,12-14,16H,2-4,10-11H2,1H3,(H,21,23). The number of halogens is 1. The quantitative estimate of drug-likeness (QED) is 0.522. The van der Waals surface area contributed by atoms with Crippen molar-refractivity contribution in [3.63, 3.8) is 0 Å². The molecule has 0 aliphatic heterocycles. The maximum atomic E-state index is 12.7. The molecule has 0 heterocycles. The summed E-state index contributed by atoms with van der Waals surface area (Å²) in [6.45, 7) is -2.18. The number of rotatable bonds is 6. The van der Waals surface area contributed by atoms with Crippen molar-refractivity contribution in [2.75, 3.05) is 0 Å². The second kappa shape index (κ2) is 8.43. The number of hydrogen-bond acceptors (Lipinski definition) is 4. The highest BCUT2D eigenvalue weighted by Crippen LogP contribution is 2.50. The van der Waals surface area contributed by atoms with E-state index in [9.17, 15) is 9.36 Å². The van der Waals surface area contributed by atoms with E-state index in [1.165, 1.54) is 6.42 Å². The third-order valence-corrected chi connectivity index (χ3v) is 6.13. The van der Waals surface area contributed by atoms with Gasteiger partial charge in [0, 0.05) is 16.6 Å². The normalized spacial score (nSPS) is 18.8. The molecule has 3 rings (SSSR count). The van der Waals surface area contributed by atoms with Gasteiger partial charge >= 0.3 is 12.8 Å². The van der Waals surface area contributed by atoms with E-state index in [1.807, 2.05) is 30.3 Å². The zero-order valence-corrected chi connectivity index (χ0v) is 16.3. The molecule has 26 heavy (non-hydrogen) atoms. The van der Waals surface area contributed by atoms with Crippen molar-refractivity contribution >= 4 is 34.9 Å². The molecule has 2 atom stereocenters. The molecule has 140 valence electrons. The van der Waals surface area contributed by atoms with Gasteiger partial charge in [-0.05, 0) is 44.1 Å². The van der Waals surface area contributed by atoms with Crippen molar-refractivity contribution in [1.29, 1.82) is 0 Å². The second-order valence-electron chi connectivity index (χ2n) is 6.60. The first kappa shape index (κ1) is 19.2. The maximum Gasteiger partial charge on any atom is 0.409 e. The summed E-state index contributed by atoms with van der Waals surface area (Å²) in [4.78, 5) is 12.2. The SMILES string of the molecule is CC(NP(=O)(Cl)Oc1cccc2ccccc12)C(=O)OC1CCCCC1. The predicted octanol–water partition coefficient (Wildman–Crippen LogP) is 5.42. The fourth-order valence-electron chi connectivity index (χ4n) is 3.16. The molecule has 0 bridgehead atoms. The van der Waals surface area contributed by atoms with Gasteiger partial charge in [-0.25, -0.2) is 9.65 Å². The lowest BCUT2D eigenvalue weighted by Crippen LogP contribution is -2.36. The van der Waals surface area contributed by atoms with Crippen LogP contribution in [-0.4, -0.2) is 18.1 Å². The Labute approximate surface area is 158 Å². The predicted molar refractivity (Wildman–Crippen MR) is 104 cm³/mol. The minimum absolute atomic E-state index is 0.0609. The number of esters is 1. The van der Waals surface area contributed by atoms with E-state index in [-0.39, 0.29) is 6.10 Å². The lowest BCUT2D eigenvalue weighted by Gasteiger charge is -2.24. The molecule has 1 aliphatic carbocycles. The summed E-state index contributed by atoms with van der Waals surface area (Å²) >= 11 is 6.07. The third-order valence-electron chi connectivity index (χ3n) is 4.50. The molecule has 1 N–H and O–H groups in total. The van der Waals surface area contributed by atoms with Crippen molar-refractivity contribution in [3.8, 4) is 5.75 Å². The Hall–Kier alpha value is -1.55. The molecule has 2 unspecified atom stereocenters. The van der Waals surface area contributed by atoms with E-state index < -0.39 is 18.9 Å². The third kappa shape index (κ3) is 5.00. The van der Waals surface area contributed by atoms with Crippen molar-refractivity contribution in [2.24, 2.45) is 0 Å². The van der Waals surface area contributed by atoms with Gasteiger partial charge in [-0.15, -0.1) is 0 Å². The number of fused-ring (bicyclic) bond motifs is 1. The fraction of sp³-hybridized carbons (Fsp3) is 0.421. The lowest BCUT2D eigenvalue weighted by molar-refractivity contribution is -0.152.